The quantitative estimate of drug-likeness (QED) is 0.757. The van der Waals surface area contributed by atoms with Gasteiger partial charge in [0.1, 0.15) is 5.75 Å². The predicted molar refractivity (Wildman–Crippen MR) is 96.0 cm³/mol. The molecule has 3 nitrogen and oxygen atoms in total. The first-order chi connectivity index (χ1) is 10.5. The van der Waals surface area contributed by atoms with Crippen molar-refractivity contribution in [2.24, 2.45) is 0 Å². The molecule has 0 aliphatic carbocycles. The highest BCUT2D eigenvalue weighted by atomic mass is 79.9. The Labute approximate surface area is 143 Å². The molecule has 0 heterocycles. The van der Waals surface area contributed by atoms with Gasteiger partial charge < -0.3 is 10.1 Å². The summed E-state index contributed by atoms with van der Waals surface area (Å²) in [6, 6.07) is 11.8. The number of thioether (sulfide) groups is 1. The van der Waals surface area contributed by atoms with Crippen molar-refractivity contribution in [3.05, 3.63) is 52.0 Å². The number of benzene rings is 2. The smallest absolute Gasteiger partial charge is 0.234 e. The molecule has 0 saturated heterocycles. The molecule has 0 aliphatic rings. The number of rotatable bonds is 5. The summed E-state index contributed by atoms with van der Waals surface area (Å²) in [5, 5.41) is 2.91. The molecule has 0 spiro atoms. The summed E-state index contributed by atoms with van der Waals surface area (Å²) in [6.45, 7) is 4.02. The molecule has 0 bridgehead atoms. The van der Waals surface area contributed by atoms with Gasteiger partial charge in [0.15, 0.2) is 0 Å². The Balaban J connectivity index is 2.00. The third-order valence-electron chi connectivity index (χ3n) is 3.12. The highest BCUT2D eigenvalue weighted by Crippen LogP contribution is 2.27. The lowest BCUT2D eigenvalue weighted by Gasteiger charge is -2.11. The number of ether oxygens (including phenoxy) is 1. The van der Waals surface area contributed by atoms with E-state index in [1.54, 1.807) is 7.11 Å². The second-order valence-corrected chi connectivity index (χ2v) is 6.88. The van der Waals surface area contributed by atoms with Crippen LogP contribution in [0.3, 0.4) is 0 Å². The molecule has 5 heteroatoms. The third-order valence-corrected chi connectivity index (χ3v) is 4.79. The van der Waals surface area contributed by atoms with E-state index in [1.165, 1.54) is 11.8 Å². The van der Waals surface area contributed by atoms with Crippen molar-refractivity contribution >= 4 is 39.3 Å². The number of carbonyl (C=O) groups is 1. The number of nitrogens with one attached hydrogen (secondary N) is 1. The van der Waals surface area contributed by atoms with Crippen LogP contribution in [0, 0.1) is 13.8 Å². The topological polar surface area (TPSA) is 38.3 Å². The third kappa shape index (κ3) is 4.52. The van der Waals surface area contributed by atoms with Crippen LogP contribution in [-0.4, -0.2) is 18.8 Å². The number of carbonyl (C=O) groups excluding carboxylic acids is 1. The van der Waals surface area contributed by atoms with Gasteiger partial charge in [0, 0.05) is 9.37 Å². The van der Waals surface area contributed by atoms with E-state index in [-0.39, 0.29) is 5.91 Å². The highest BCUT2D eigenvalue weighted by molar-refractivity contribution is 9.10. The Morgan fingerprint density at radius 3 is 2.68 bits per heavy atom. The van der Waals surface area contributed by atoms with Gasteiger partial charge in [-0.3, -0.25) is 4.79 Å². The van der Waals surface area contributed by atoms with Crippen molar-refractivity contribution in [2.45, 2.75) is 18.7 Å². The molecule has 2 aromatic rings. The van der Waals surface area contributed by atoms with E-state index >= 15 is 0 Å². The first-order valence-corrected chi connectivity index (χ1v) is 8.61. The molecule has 0 saturated carbocycles. The average Bonchev–Trinajstić information content (AvgIpc) is 2.46. The number of aryl methyl sites for hydroxylation is 2. The van der Waals surface area contributed by atoms with E-state index in [0.717, 1.165) is 20.5 Å². The van der Waals surface area contributed by atoms with Gasteiger partial charge in [-0.1, -0.05) is 22.0 Å². The second kappa shape index (κ2) is 7.70. The number of amides is 1. The fourth-order valence-corrected chi connectivity index (χ4v) is 3.31. The molecule has 22 heavy (non-hydrogen) atoms. The zero-order valence-electron chi connectivity index (χ0n) is 12.8. The maximum Gasteiger partial charge on any atom is 0.234 e. The molecular weight excluding hydrogens is 362 g/mol. The van der Waals surface area contributed by atoms with Gasteiger partial charge in [-0.2, -0.15) is 0 Å². The minimum Gasteiger partial charge on any atom is -0.495 e. The van der Waals surface area contributed by atoms with E-state index in [2.05, 4.69) is 21.2 Å². The van der Waals surface area contributed by atoms with Crippen LogP contribution in [0.2, 0.25) is 0 Å². The highest BCUT2D eigenvalue weighted by Gasteiger charge is 2.09. The Hall–Kier alpha value is -1.46. The lowest BCUT2D eigenvalue weighted by atomic mass is 10.2. The van der Waals surface area contributed by atoms with E-state index in [1.807, 2.05) is 50.2 Å². The van der Waals surface area contributed by atoms with Gasteiger partial charge >= 0.3 is 0 Å². The Kier molecular flexibility index (Phi) is 5.91. The molecule has 0 atom stereocenters. The number of methoxy groups -OCH3 is 1. The predicted octanol–water partition coefficient (Wildman–Crippen LogP) is 4.81. The molecule has 1 amide bonds. The molecule has 0 unspecified atom stereocenters. The minimum absolute atomic E-state index is 0.0452. The minimum atomic E-state index is -0.0452. The van der Waals surface area contributed by atoms with Crippen LogP contribution in [0.15, 0.2) is 45.8 Å². The zero-order chi connectivity index (χ0) is 16.1. The van der Waals surface area contributed by atoms with Crippen molar-refractivity contribution in [1.82, 2.24) is 0 Å². The van der Waals surface area contributed by atoms with Crippen LogP contribution in [-0.2, 0) is 4.79 Å². The second-order valence-electron chi connectivity index (χ2n) is 4.95. The molecule has 0 fully saturated rings. The molecule has 2 aromatic carbocycles. The number of anilines is 1. The molecule has 2 rings (SSSR count). The molecule has 1 N–H and O–H groups in total. The lowest BCUT2D eigenvalue weighted by Crippen LogP contribution is -2.14. The first-order valence-electron chi connectivity index (χ1n) is 6.83. The summed E-state index contributed by atoms with van der Waals surface area (Å²) < 4.78 is 6.31. The SMILES string of the molecule is COc1ccc(C)cc1NC(=O)CSc1ccc(Br)cc1C. The van der Waals surface area contributed by atoms with Crippen LogP contribution >= 0.6 is 27.7 Å². The van der Waals surface area contributed by atoms with Gasteiger partial charge in [-0.05, 0) is 55.3 Å². The van der Waals surface area contributed by atoms with Gasteiger partial charge in [0.05, 0.1) is 18.6 Å². The normalized spacial score (nSPS) is 10.4. The lowest BCUT2D eigenvalue weighted by molar-refractivity contribution is -0.113. The van der Waals surface area contributed by atoms with Crippen LogP contribution in [0.1, 0.15) is 11.1 Å². The molecule has 0 aromatic heterocycles. The van der Waals surface area contributed by atoms with Gasteiger partial charge in [0.25, 0.3) is 0 Å². The van der Waals surface area contributed by atoms with Crippen LogP contribution in [0.4, 0.5) is 5.69 Å². The monoisotopic (exact) mass is 379 g/mol. The van der Waals surface area contributed by atoms with E-state index < -0.39 is 0 Å². The van der Waals surface area contributed by atoms with Gasteiger partial charge in [-0.15, -0.1) is 11.8 Å². The fourth-order valence-electron chi connectivity index (χ4n) is 2.02. The number of hydrogen-bond donors (Lipinski definition) is 1. The van der Waals surface area contributed by atoms with Crippen molar-refractivity contribution in [3.8, 4) is 5.75 Å². The van der Waals surface area contributed by atoms with E-state index in [9.17, 15) is 4.79 Å². The number of halogens is 1. The Bertz CT molecular complexity index is 688. The maximum absolute atomic E-state index is 12.1. The summed E-state index contributed by atoms with van der Waals surface area (Å²) in [5.41, 5.74) is 2.94. The first kappa shape index (κ1) is 16.9. The van der Waals surface area contributed by atoms with Gasteiger partial charge in [0.2, 0.25) is 5.91 Å². The van der Waals surface area contributed by atoms with Crippen molar-refractivity contribution < 1.29 is 9.53 Å². The molecule has 0 aliphatic heterocycles. The fraction of sp³-hybridized carbons (Fsp3) is 0.235. The standard InChI is InChI=1S/C17H18BrNO2S/c1-11-4-6-15(21-3)14(8-11)19-17(20)10-22-16-7-5-13(18)9-12(16)2/h4-9H,10H2,1-3H3,(H,19,20). The largest absolute Gasteiger partial charge is 0.495 e. The summed E-state index contributed by atoms with van der Waals surface area (Å²) in [5.74, 6) is 0.986. The van der Waals surface area contributed by atoms with Crippen molar-refractivity contribution in [3.63, 3.8) is 0 Å². The van der Waals surface area contributed by atoms with E-state index in [0.29, 0.717) is 17.2 Å². The van der Waals surface area contributed by atoms with Crippen LogP contribution in [0.5, 0.6) is 5.75 Å². The summed E-state index contributed by atoms with van der Waals surface area (Å²) in [6.07, 6.45) is 0. The molecule has 116 valence electrons. The van der Waals surface area contributed by atoms with E-state index in [4.69, 9.17) is 4.74 Å². The summed E-state index contributed by atoms with van der Waals surface area (Å²) in [7, 11) is 1.60. The summed E-state index contributed by atoms with van der Waals surface area (Å²) >= 11 is 4.97. The van der Waals surface area contributed by atoms with Crippen LogP contribution in [0.25, 0.3) is 0 Å². The molecule has 0 radical (unpaired) electrons. The van der Waals surface area contributed by atoms with Crippen molar-refractivity contribution in [2.75, 3.05) is 18.2 Å². The Morgan fingerprint density at radius 1 is 1.23 bits per heavy atom. The zero-order valence-corrected chi connectivity index (χ0v) is 15.2. The van der Waals surface area contributed by atoms with Gasteiger partial charge in [-0.25, -0.2) is 0 Å². The average molecular weight is 380 g/mol. The maximum atomic E-state index is 12.1. The molecular formula is C17H18BrNO2S. The van der Waals surface area contributed by atoms with Crippen LogP contribution < -0.4 is 10.1 Å². The van der Waals surface area contributed by atoms with Crippen molar-refractivity contribution in [1.29, 1.82) is 0 Å². The Morgan fingerprint density at radius 2 is 2.00 bits per heavy atom. The number of hydrogen-bond acceptors (Lipinski definition) is 3. The summed E-state index contributed by atoms with van der Waals surface area (Å²) in [4.78, 5) is 13.3.